The number of halogens is 2. The third-order valence-electron chi connectivity index (χ3n) is 4.87. The molecule has 34 heavy (non-hydrogen) atoms. The highest BCUT2D eigenvalue weighted by Crippen LogP contribution is 2.35. The van der Waals surface area contributed by atoms with E-state index in [1.807, 2.05) is 6.92 Å². The molecule has 0 unspecified atom stereocenters. The summed E-state index contributed by atoms with van der Waals surface area (Å²) >= 11 is 10.2. The summed E-state index contributed by atoms with van der Waals surface area (Å²) in [5.41, 5.74) is 2.27. The Labute approximate surface area is 214 Å². The fraction of sp³-hybridized carbons (Fsp3) is 0.0833. The molecule has 1 saturated heterocycles. The standard InChI is InChI=1S/C24H17BrClNO5S2/c1-15-5-8-19(9-6-15)34(30,31)32-21-10-7-16(12-20(21)25)13-22-23(28)27(24(29)33-22)14-17-3-2-4-18(26)11-17/h2-13H,14H2,1H3/b22-13-. The molecule has 1 heterocycles. The van der Waals surface area contributed by atoms with Gasteiger partial charge < -0.3 is 4.18 Å². The molecule has 0 atom stereocenters. The smallest absolute Gasteiger partial charge is 0.339 e. The highest BCUT2D eigenvalue weighted by molar-refractivity contribution is 9.10. The molecule has 4 rings (SSSR count). The van der Waals surface area contributed by atoms with Crippen molar-refractivity contribution in [2.24, 2.45) is 0 Å². The van der Waals surface area contributed by atoms with Gasteiger partial charge in [0, 0.05) is 5.02 Å². The molecule has 0 spiro atoms. The van der Waals surface area contributed by atoms with Gasteiger partial charge in [-0.2, -0.15) is 8.42 Å². The van der Waals surface area contributed by atoms with Crippen LogP contribution in [0.1, 0.15) is 16.7 Å². The first-order valence-corrected chi connectivity index (χ1v) is 13.3. The van der Waals surface area contributed by atoms with Crippen molar-refractivity contribution in [3.8, 4) is 5.75 Å². The molecule has 0 aromatic heterocycles. The van der Waals surface area contributed by atoms with E-state index in [4.69, 9.17) is 15.8 Å². The van der Waals surface area contributed by atoms with E-state index in [9.17, 15) is 18.0 Å². The number of carbonyl (C=O) groups excluding carboxylic acids is 2. The summed E-state index contributed by atoms with van der Waals surface area (Å²) in [7, 11) is -4.01. The molecule has 0 saturated carbocycles. The Balaban J connectivity index is 1.51. The second kappa shape index (κ2) is 9.95. The molecular weight excluding hydrogens is 562 g/mol. The van der Waals surface area contributed by atoms with Crippen LogP contribution in [0.2, 0.25) is 5.02 Å². The minimum atomic E-state index is -4.01. The maximum Gasteiger partial charge on any atom is 0.339 e. The number of benzene rings is 3. The van der Waals surface area contributed by atoms with Crippen molar-refractivity contribution in [2.75, 3.05) is 0 Å². The summed E-state index contributed by atoms with van der Waals surface area (Å²) in [6.07, 6.45) is 1.58. The number of thioether (sulfide) groups is 1. The first-order valence-electron chi connectivity index (χ1n) is 9.93. The number of carbonyl (C=O) groups is 2. The third-order valence-corrected chi connectivity index (χ3v) is 7.88. The topological polar surface area (TPSA) is 80.8 Å². The molecule has 3 aromatic carbocycles. The number of nitrogens with zero attached hydrogens (tertiary/aromatic N) is 1. The van der Waals surface area contributed by atoms with E-state index in [2.05, 4.69) is 15.9 Å². The van der Waals surface area contributed by atoms with Crippen LogP contribution >= 0.6 is 39.3 Å². The van der Waals surface area contributed by atoms with Gasteiger partial charge in [-0.25, -0.2) is 0 Å². The monoisotopic (exact) mass is 577 g/mol. The molecule has 6 nitrogen and oxygen atoms in total. The molecule has 1 aliphatic heterocycles. The molecule has 10 heteroatoms. The zero-order valence-electron chi connectivity index (χ0n) is 17.7. The Kier molecular flexibility index (Phi) is 7.18. The second-order valence-electron chi connectivity index (χ2n) is 7.44. The molecule has 174 valence electrons. The quantitative estimate of drug-likeness (QED) is 0.248. The number of rotatable bonds is 6. The van der Waals surface area contributed by atoms with Gasteiger partial charge in [-0.3, -0.25) is 14.5 Å². The van der Waals surface area contributed by atoms with Crippen molar-refractivity contribution < 1.29 is 22.2 Å². The molecule has 2 amide bonds. The molecule has 0 N–H and O–H groups in total. The van der Waals surface area contributed by atoms with Crippen LogP contribution in [0.15, 0.2) is 81.0 Å². The summed E-state index contributed by atoms with van der Waals surface area (Å²) in [5.74, 6) is -0.305. The van der Waals surface area contributed by atoms with E-state index in [1.54, 1.807) is 54.6 Å². The summed E-state index contributed by atoms with van der Waals surface area (Å²) in [4.78, 5) is 26.7. The third kappa shape index (κ3) is 5.55. The van der Waals surface area contributed by atoms with Crippen LogP contribution in [0.25, 0.3) is 6.08 Å². The highest BCUT2D eigenvalue weighted by atomic mass is 79.9. The van der Waals surface area contributed by atoms with Crippen molar-refractivity contribution in [3.63, 3.8) is 0 Å². The molecule has 0 aliphatic carbocycles. The molecule has 0 bridgehead atoms. The van der Waals surface area contributed by atoms with E-state index < -0.39 is 16.0 Å². The van der Waals surface area contributed by atoms with E-state index >= 15 is 0 Å². The van der Waals surface area contributed by atoms with E-state index in [0.717, 1.165) is 27.8 Å². The predicted octanol–water partition coefficient (Wildman–Crippen LogP) is 6.42. The zero-order chi connectivity index (χ0) is 24.5. The van der Waals surface area contributed by atoms with Gasteiger partial charge in [0.2, 0.25) is 0 Å². The lowest BCUT2D eigenvalue weighted by atomic mass is 10.2. The van der Waals surface area contributed by atoms with Crippen molar-refractivity contribution >= 4 is 66.6 Å². The Hall–Kier alpha value is -2.59. The van der Waals surface area contributed by atoms with Gasteiger partial charge in [-0.1, -0.05) is 47.5 Å². The fourth-order valence-corrected chi connectivity index (χ4v) is 5.73. The molecule has 3 aromatic rings. The Morgan fingerprint density at radius 2 is 1.79 bits per heavy atom. The highest BCUT2D eigenvalue weighted by Gasteiger charge is 2.35. The molecule has 1 fully saturated rings. The largest absolute Gasteiger partial charge is 0.378 e. The average molecular weight is 579 g/mol. The van der Waals surface area contributed by atoms with Crippen molar-refractivity contribution in [3.05, 3.63) is 97.8 Å². The van der Waals surface area contributed by atoms with Gasteiger partial charge in [0.15, 0.2) is 5.75 Å². The average Bonchev–Trinajstić information content (AvgIpc) is 3.03. The van der Waals surface area contributed by atoms with Gasteiger partial charge in [-0.15, -0.1) is 0 Å². The minimum absolute atomic E-state index is 0.0439. The molecular formula is C24H17BrClNO5S2. The number of imide groups is 1. The Morgan fingerprint density at radius 1 is 1.06 bits per heavy atom. The predicted molar refractivity (Wildman–Crippen MR) is 136 cm³/mol. The lowest BCUT2D eigenvalue weighted by Crippen LogP contribution is -2.27. The first-order chi connectivity index (χ1) is 16.1. The van der Waals surface area contributed by atoms with Crippen LogP contribution in [0.4, 0.5) is 4.79 Å². The van der Waals surface area contributed by atoms with Crippen LogP contribution in [0.3, 0.4) is 0 Å². The summed E-state index contributed by atoms with van der Waals surface area (Å²) < 4.78 is 30.8. The zero-order valence-corrected chi connectivity index (χ0v) is 21.7. The first kappa shape index (κ1) is 24.5. The van der Waals surface area contributed by atoms with Crippen molar-refractivity contribution in [2.45, 2.75) is 18.4 Å². The van der Waals surface area contributed by atoms with E-state index in [0.29, 0.717) is 15.1 Å². The SMILES string of the molecule is Cc1ccc(S(=O)(=O)Oc2ccc(/C=C3\SC(=O)N(Cc4cccc(Cl)c4)C3=O)cc2Br)cc1. The summed E-state index contributed by atoms with van der Waals surface area (Å²) in [5, 5.41) is 0.149. The van der Waals surface area contributed by atoms with Crippen molar-refractivity contribution in [1.29, 1.82) is 0 Å². The van der Waals surface area contributed by atoms with Crippen LogP contribution in [0.5, 0.6) is 5.75 Å². The molecule has 1 aliphatic rings. The normalized spacial score (nSPS) is 15.3. The summed E-state index contributed by atoms with van der Waals surface area (Å²) in [6, 6.07) is 18.0. The Bertz CT molecular complexity index is 1420. The van der Waals surface area contributed by atoms with Crippen LogP contribution in [-0.2, 0) is 21.5 Å². The Morgan fingerprint density at radius 3 is 2.47 bits per heavy atom. The number of aryl methyl sites for hydroxylation is 1. The van der Waals surface area contributed by atoms with Gasteiger partial charge in [0.25, 0.3) is 11.1 Å². The maximum atomic E-state index is 12.8. The number of amides is 2. The van der Waals surface area contributed by atoms with E-state index in [-0.39, 0.29) is 27.3 Å². The van der Waals surface area contributed by atoms with Gasteiger partial charge >= 0.3 is 10.1 Å². The van der Waals surface area contributed by atoms with E-state index in [1.165, 1.54) is 18.2 Å². The number of hydrogen-bond donors (Lipinski definition) is 0. The minimum Gasteiger partial charge on any atom is -0.378 e. The van der Waals surface area contributed by atoms with Gasteiger partial charge in [-0.05, 0) is 88.2 Å². The second-order valence-corrected chi connectivity index (χ2v) is 11.3. The lowest BCUT2D eigenvalue weighted by Gasteiger charge is -2.12. The van der Waals surface area contributed by atoms with Gasteiger partial charge in [0.05, 0.1) is 15.9 Å². The maximum absolute atomic E-state index is 12.8. The fourth-order valence-electron chi connectivity index (χ4n) is 3.15. The van der Waals surface area contributed by atoms with Crippen molar-refractivity contribution in [1.82, 2.24) is 4.90 Å². The van der Waals surface area contributed by atoms with Crippen LogP contribution in [0, 0.1) is 6.92 Å². The van der Waals surface area contributed by atoms with Crippen LogP contribution < -0.4 is 4.18 Å². The lowest BCUT2D eigenvalue weighted by molar-refractivity contribution is -0.123. The molecule has 0 radical (unpaired) electrons. The summed E-state index contributed by atoms with van der Waals surface area (Å²) in [6.45, 7) is 1.98. The van der Waals surface area contributed by atoms with Crippen LogP contribution in [-0.4, -0.2) is 24.5 Å². The van der Waals surface area contributed by atoms with Gasteiger partial charge in [0.1, 0.15) is 4.90 Å². The number of hydrogen-bond acceptors (Lipinski definition) is 6.